The van der Waals surface area contributed by atoms with E-state index in [0.29, 0.717) is 11.6 Å². The summed E-state index contributed by atoms with van der Waals surface area (Å²) >= 11 is 11.9. The SMILES string of the molecule is O=C(c1nc(Cl)ccc1Cl)N(Cc1ccccn1)C1CC1. The molecule has 0 aromatic carbocycles. The molecule has 0 atom stereocenters. The van der Waals surface area contributed by atoms with Crippen LogP contribution in [0.2, 0.25) is 10.2 Å². The Morgan fingerprint density at radius 1 is 1.24 bits per heavy atom. The Kier molecular flexibility index (Phi) is 4.08. The van der Waals surface area contributed by atoms with Gasteiger partial charge in [0, 0.05) is 12.2 Å². The number of pyridine rings is 2. The van der Waals surface area contributed by atoms with Crippen LogP contribution in [0.1, 0.15) is 29.0 Å². The minimum absolute atomic E-state index is 0.198. The van der Waals surface area contributed by atoms with Crippen LogP contribution >= 0.6 is 23.2 Å². The molecule has 2 heterocycles. The lowest BCUT2D eigenvalue weighted by Crippen LogP contribution is -2.33. The summed E-state index contributed by atoms with van der Waals surface area (Å²) in [7, 11) is 0. The van der Waals surface area contributed by atoms with Gasteiger partial charge in [-0.05, 0) is 37.1 Å². The Labute approximate surface area is 132 Å². The zero-order chi connectivity index (χ0) is 14.8. The molecule has 1 amide bonds. The smallest absolute Gasteiger partial charge is 0.274 e. The molecular formula is C15H13Cl2N3O. The maximum absolute atomic E-state index is 12.7. The second-order valence-corrected chi connectivity index (χ2v) is 5.74. The van der Waals surface area contributed by atoms with Crippen LogP contribution in [0, 0.1) is 0 Å². The summed E-state index contributed by atoms with van der Waals surface area (Å²) < 4.78 is 0. The summed E-state index contributed by atoms with van der Waals surface area (Å²) in [5, 5.41) is 0.576. The number of nitrogens with zero attached hydrogens (tertiary/aromatic N) is 3. The number of aromatic nitrogens is 2. The zero-order valence-corrected chi connectivity index (χ0v) is 12.7. The molecule has 2 aromatic heterocycles. The molecule has 0 saturated heterocycles. The summed E-state index contributed by atoms with van der Waals surface area (Å²) in [4.78, 5) is 22.8. The monoisotopic (exact) mass is 321 g/mol. The molecule has 0 radical (unpaired) electrons. The van der Waals surface area contributed by atoms with Gasteiger partial charge in [-0.25, -0.2) is 4.98 Å². The van der Waals surface area contributed by atoms with Gasteiger partial charge in [0.05, 0.1) is 17.3 Å². The standard InChI is InChI=1S/C15H13Cl2N3O/c16-12-6-7-13(17)19-14(12)15(21)20(11-4-5-11)9-10-3-1-2-8-18-10/h1-3,6-8,11H,4-5,9H2. The lowest BCUT2D eigenvalue weighted by molar-refractivity contribution is 0.0722. The van der Waals surface area contributed by atoms with Crippen molar-refractivity contribution >= 4 is 29.1 Å². The normalized spacial score (nSPS) is 14.0. The molecular weight excluding hydrogens is 309 g/mol. The average molecular weight is 322 g/mol. The molecule has 1 fully saturated rings. The highest BCUT2D eigenvalue weighted by molar-refractivity contribution is 6.34. The van der Waals surface area contributed by atoms with Gasteiger partial charge >= 0.3 is 0 Å². The second-order valence-electron chi connectivity index (χ2n) is 4.95. The first-order valence-corrected chi connectivity index (χ1v) is 7.43. The number of carbonyl (C=O) groups is 1. The van der Waals surface area contributed by atoms with Crippen molar-refractivity contribution in [3.05, 3.63) is 58.1 Å². The van der Waals surface area contributed by atoms with E-state index in [2.05, 4.69) is 9.97 Å². The van der Waals surface area contributed by atoms with Crippen LogP contribution in [0.5, 0.6) is 0 Å². The van der Waals surface area contributed by atoms with E-state index in [1.54, 1.807) is 23.2 Å². The summed E-state index contributed by atoms with van der Waals surface area (Å²) in [6, 6.07) is 9.05. The van der Waals surface area contributed by atoms with Crippen LogP contribution in [0.4, 0.5) is 0 Å². The third-order valence-corrected chi connectivity index (χ3v) is 3.84. The fraction of sp³-hybridized carbons (Fsp3) is 0.267. The number of hydrogen-bond donors (Lipinski definition) is 0. The van der Waals surface area contributed by atoms with Gasteiger partial charge in [-0.2, -0.15) is 0 Å². The van der Waals surface area contributed by atoms with Crippen molar-refractivity contribution < 1.29 is 4.79 Å². The summed E-state index contributed by atoms with van der Waals surface area (Å²) in [6.45, 7) is 0.453. The van der Waals surface area contributed by atoms with E-state index in [-0.39, 0.29) is 22.8 Å². The molecule has 4 nitrogen and oxygen atoms in total. The van der Waals surface area contributed by atoms with Crippen LogP contribution in [0.15, 0.2) is 36.5 Å². The average Bonchev–Trinajstić information content (AvgIpc) is 3.32. The van der Waals surface area contributed by atoms with Crippen LogP contribution in [0.25, 0.3) is 0 Å². The Balaban J connectivity index is 1.87. The molecule has 1 aliphatic rings. The largest absolute Gasteiger partial charge is 0.328 e. The van der Waals surface area contributed by atoms with E-state index in [4.69, 9.17) is 23.2 Å². The van der Waals surface area contributed by atoms with Gasteiger partial charge in [-0.3, -0.25) is 9.78 Å². The molecule has 0 aliphatic heterocycles. The molecule has 108 valence electrons. The number of halogens is 2. The van der Waals surface area contributed by atoms with Gasteiger partial charge in [0.25, 0.3) is 5.91 Å². The van der Waals surface area contributed by atoms with Crippen molar-refractivity contribution in [2.24, 2.45) is 0 Å². The lowest BCUT2D eigenvalue weighted by atomic mass is 10.2. The quantitative estimate of drug-likeness (QED) is 0.808. The minimum atomic E-state index is -0.198. The van der Waals surface area contributed by atoms with Gasteiger partial charge in [0.2, 0.25) is 0 Å². The Bertz CT molecular complexity index is 659. The van der Waals surface area contributed by atoms with E-state index >= 15 is 0 Å². The summed E-state index contributed by atoms with van der Waals surface area (Å²) in [5.74, 6) is -0.198. The van der Waals surface area contributed by atoms with E-state index < -0.39 is 0 Å². The second kappa shape index (κ2) is 6.00. The predicted molar refractivity (Wildman–Crippen MR) is 81.4 cm³/mol. The Hall–Kier alpha value is -1.65. The highest BCUT2D eigenvalue weighted by Gasteiger charge is 2.34. The number of hydrogen-bond acceptors (Lipinski definition) is 3. The van der Waals surface area contributed by atoms with Gasteiger partial charge < -0.3 is 4.90 Å². The van der Waals surface area contributed by atoms with Gasteiger partial charge in [0.1, 0.15) is 10.8 Å². The highest BCUT2D eigenvalue weighted by atomic mass is 35.5. The van der Waals surface area contributed by atoms with Crippen LogP contribution in [-0.4, -0.2) is 26.8 Å². The van der Waals surface area contributed by atoms with Crippen molar-refractivity contribution in [2.75, 3.05) is 0 Å². The molecule has 6 heteroatoms. The molecule has 2 aromatic rings. The fourth-order valence-electron chi connectivity index (χ4n) is 2.12. The molecule has 0 N–H and O–H groups in total. The van der Waals surface area contributed by atoms with Crippen molar-refractivity contribution in [1.29, 1.82) is 0 Å². The van der Waals surface area contributed by atoms with Crippen LogP contribution in [0.3, 0.4) is 0 Å². The van der Waals surface area contributed by atoms with Crippen LogP contribution in [-0.2, 0) is 6.54 Å². The topological polar surface area (TPSA) is 46.1 Å². The van der Waals surface area contributed by atoms with Crippen molar-refractivity contribution in [3.8, 4) is 0 Å². The molecule has 1 saturated carbocycles. The van der Waals surface area contributed by atoms with Crippen molar-refractivity contribution in [1.82, 2.24) is 14.9 Å². The van der Waals surface area contributed by atoms with E-state index in [0.717, 1.165) is 18.5 Å². The zero-order valence-electron chi connectivity index (χ0n) is 11.2. The lowest BCUT2D eigenvalue weighted by Gasteiger charge is -2.22. The van der Waals surface area contributed by atoms with E-state index in [9.17, 15) is 4.79 Å². The fourth-order valence-corrected chi connectivity index (χ4v) is 2.46. The number of carbonyl (C=O) groups excluding carboxylic acids is 1. The molecule has 3 rings (SSSR count). The molecule has 0 unspecified atom stereocenters. The van der Waals surface area contributed by atoms with E-state index in [1.165, 1.54) is 0 Å². The third-order valence-electron chi connectivity index (χ3n) is 3.32. The first-order valence-electron chi connectivity index (χ1n) is 6.68. The van der Waals surface area contributed by atoms with Crippen LogP contribution < -0.4 is 0 Å². The number of rotatable bonds is 4. The first-order chi connectivity index (χ1) is 10.1. The molecule has 0 spiro atoms. The molecule has 1 aliphatic carbocycles. The van der Waals surface area contributed by atoms with E-state index in [1.807, 2.05) is 18.2 Å². The summed E-state index contributed by atoms with van der Waals surface area (Å²) in [6.07, 6.45) is 3.71. The Morgan fingerprint density at radius 2 is 2.05 bits per heavy atom. The maximum Gasteiger partial charge on any atom is 0.274 e. The van der Waals surface area contributed by atoms with Crippen molar-refractivity contribution in [2.45, 2.75) is 25.4 Å². The maximum atomic E-state index is 12.7. The van der Waals surface area contributed by atoms with Gasteiger partial charge in [0.15, 0.2) is 0 Å². The third kappa shape index (κ3) is 3.34. The Morgan fingerprint density at radius 3 is 2.71 bits per heavy atom. The van der Waals surface area contributed by atoms with Crippen molar-refractivity contribution in [3.63, 3.8) is 0 Å². The highest BCUT2D eigenvalue weighted by Crippen LogP contribution is 2.30. The minimum Gasteiger partial charge on any atom is -0.328 e. The summed E-state index contributed by atoms with van der Waals surface area (Å²) in [5.41, 5.74) is 1.04. The predicted octanol–water partition coefficient (Wildman–Crippen LogP) is 3.59. The molecule has 21 heavy (non-hydrogen) atoms. The van der Waals surface area contributed by atoms with Gasteiger partial charge in [-0.1, -0.05) is 29.3 Å². The molecule has 0 bridgehead atoms. The number of amides is 1. The first kappa shape index (κ1) is 14.3. The van der Waals surface area contributed by atoms with Gasteiger partial charge in [-0.15, -0.1) is 0 Å².